The van der Waals surface area contributed by atoms with Crippen LogP contribution in [0, 0.1) is 0 Å². The molecule has 0 unspecified atom stereocenters. The standard InChI is InChI=1S/C14H19ClN2O3S/c15-13-4-2-12(3-5-13)14(6-1-7-14)16-21(18,19)17-8-10-20-11-9-17/h2-5,16H,1,6-11H2. The van der Waals surface area contributed by atoms with Gasteiger partial charge in [0.1, 0.15) is 0 Å². The van der Waals surface area contributed by atoms with Crippen LogP contribution in [0.5, 0.6) is 0 Å². The maximum absolute atomic E-state index is 12.6. The number of hydrogen-bond acceptors (Lipinski definition) is 3. The lowest BCUT2D eigenvalue weighted by Crippen LogP contribution is -2.56. The third-order valence-electron chi connectivity index (χ3n) is 4.24. The largest absolute Gasteiger partial charge is 0.379 e. The van der Waals surface area contributed by atoms with Crippen molar-refractivity contribution in [3.63, 3.8) is 0 Å². The fourth-order valence-electron chi connectivity index (χ4n) is 2.85. The summed E-state index contributed by atoms with van der Waals surface area (Å²) in [6.45, 7) is 1.72. The van der Waals surface area contributed by atoms with Crippen molar-refractivity contribution in [3.8, 4) is 0 Å². The zero-order valence-corrected chi connectivity index (χ0v) is 13.3. The molecular formula is C14H19ClN2O3S. The number of halogens is 1. The SMILES string of the molecule is O=S(=O)(NC1(c2ccc(Cl)cc2)CCC1)N1CCOCC1. The fraction of sp³-hybridized carbons (Fsp3) is 0.571. The van der Waals surface area contributed by atoms with Gasteiger partial charge in [0.15, 0.2) is 0 Å². The van der Waals surface area contributed by atoms with E-state index in [0.29, 0.717) is 31.3 Å². The molecule has 5 nitrogen and oxygen atoms in total. The van der Waals surface area contributed by atoms with E-state index in [-0.39, 0.29) is 0 Å². The molecule has 1 N–H and O–H groups in total. The molecule has 1 saturated heterocycles. The van der Waals surface area contributed by atoms with Crippen molar-refractivity contribution < 1.29 is 13.2 Å². The highest BCUT2D eigenvalue weighted by Gasteiger charge is 2.43. The first-order chi connectivity index (χ1) is 10.0. The van der Waals surface area contributed by atoms with Gasteiger partial charge in [0.25, 0.3) is 10.2 Å². The molecule has 0 amide bonds. The average Bonchev–Trinajstić information content (AvgIpc) is 2.45. The van der Waals surface area contributed by atoms with E-state index in [1.54, 1.807) is 12.1 Å². The predicted octanol–water partition coefficient (Wildman–Crippen LogP) is 1.89. The molecule has 1 saturated carbocycles. The summed E-state index contributed by atoms with van der Waals surface area (Å²) in [7, 11) is -3.49. The van der Waals surface area contributed by atoms with Crippen molar-refractivity contribution in [1.82, 2.24) is 9.03 Å². The molecule has 1 heterocycles. The lowest BCUT2D eigenvalue weighted by molar-refractivity contribution is 0.0710. The van der Waals surface area contributed by atoms with Gasteiger partial charge in [0, 0.05) is 18.1 Å². The molecule has 0 bridgehead atoms. The summed E-state index contributed by atoms with van der Waals surface area (Å²) < 4.78 is 34.7. The summed E-state index contributed by atoms with van der Waals surface area (Å²) in [5.41, 5.74) is 0.497. The summed E-state index contributed by atoms with van der Waals surface area (Å²) in [5, 5.41) is 0.657. The fourth-order valence-corrected chi connectivity index (χ4v) is 4.55. The van der Waals surface area contributed by atoms with Crippen molar-refractivity contribution in [2.24, 2.45) is 0 Å². The quantitative estimate of drug-likeness (QED) is 0.917. The lowest BCUT2D eigenvalue weighted by Gasteiger charge is -2.44. The van der Waals surface area contributed by atoms with E-state index >= 15 is 0 Å². The average molecular weight is 331 g/mol. The van der Waals surface area contributed by atoms with Crippen molar-refractivity contribution in [2.75, 3.05) is 26.3 Å². The second-order valence-corrected chi connectivity index (χ2v) is 7.67. The minimum Gasteiger partial charge on any atom is -0.379 e. The topological polar surface area (TPSA) is 58.6 Å². The van der Waals surface area contributed by atoms with Crippen LogP contribution in [0.2, 0.25) is 5.02 Å². The molecule has 2 aliphatic rings. The summed E-state index contributed by atoms with van der Waals surface area (Å²) in [4.78, 5) is 0. The Hall–Kier alpha value is -0.660. The second-order valence-electron chi connectivity index (χ2n) is 5.56. The summed E-state index contributed by atoms with van der Waals surface area (Å²) in [6, 6.07) is 7.42. The van der Waals surface area contributed by atoms with Crippen LogP contribution in [-0.2, 0) is 20.5 Å². The Balaban J connectivity index is 1.81. The first-order valence-corrected chi connectivity index (χ1v) is 8.97. The Kier molecular flexibility index (Phi) is 4.25. The number of nitrogens with zero attached hydrogens (tertiary/aromatic N) is 1. The van der Waals surface area contributed by atoms with Crippen LogP contribution in [0.1, 0.15) is 24.8 Å². The molecule has 1 aromatic carbocycles. The van der Waals surface area contributed by atoms with Crippen molar-refractivity contribution >= 4 is 21.8 Å². The molecule has 1 aliphatic heterocycles. The number of morpholine rings is 1. The molecule has 116 valence electrons. The van der Waals surface area contributed by atoms with Gasteiger partial charge in [-0.25, -0.2) is 0 Å². The molecule has 1 aromatic rings. The summed E-state index contributed by atoms with van der Waals surface area (Å²) in [5.74, 6) is 0. The van der Waals surface area contributed by atoms with Gasteiger partial charge in [0.05, 0.1) is 18.8 Å². The Morgan fingerprint density at radius 1 is 1.14 bits per heavy atom. The van der Waals surface area contributed by atoms with E-state index < -0.39 is 15.7 Å². The van der Waals surface area contributed by atoms with Gasteiger partial charge in [-0.1, -0.05) is 23.7 Å². The predicted molar refractivity (Wildman–Crippen MR) is 81.4 cm³/mol. The molecule has 0 aromatic heterocycles. The highest BCUT2D eigenvalue weighted by Crippen LogP contribution is 2.42. The van der Waals surface area contributed by atoms with Crippen molar-refractivity contribution in [2.45, 2.75) is 24.8 Å². The number of rotatable bonds is 4. The van der Waals surface area contributed by atoms with Crippen LogP contribution < -0.4 is 4.72 Å². The third-order valence-corrected chi connectivity index (χ3v) is 6.18. The highest BCUT2D eigenvalue weighted by atomic mass is 35.5. The lowest BCUT2D eigenvalue weighted by atomic mass is 9.73. The van der Waals surface area contributed by atoms with E-state index in [1.165, 1.54) is 4.31 Å². The van der Waals surface area contributed by atoms with Crippen LogP contribution >= 0.6 is 11.6 Å². The zero-order valence-electron chi connectivity index (χ0n) is 11.7. The Morgan fingerprint density at radius 2 is 1.76 bits per heavy atom. The van der Waals surface area contributed by atoms with Crippen molar-refractivity contribution in [1.29, 1.82) is 0 Å². The molecule has 21 heavy (non-hydrogen) atoms. The minimum absolute atomic E-state index is 0.409. The molecule has 3 rings (SSSR count). The maximum atomic E-state index is 12.6. The minimum atomic E-state index is -3.49. The molecular weight excluding hydrogens is 312 g/mol. The Bertz CT molecular complexity index is 593. The summed E-state index contributed by atoms with van der Waals surface area (Å²) >= 11 is 5.92. The van der Waals surface area contributed by atoms with Gasteiger partial charge < -0.3 is 4.74 Å². The molecule has 0 spiro atoms. The molecule has 7 heteroatoms. The number of hydrogen-bond donors (Lipinski definition) is 1. The number of benzene rings is 1. The van der Waals surface area contributed by atoms with Crippen LogP contribution in [0.4, 0.5) is 0 Å². The first kappa shape index (κ1) is 15.2. The van der Waals surface area contributed by atoms with Gasteiger partial charge >= 0.3 is 0 Å². The second kappa shape index (κ2) is 5.85. The molecule has 0 atom stereocenters. The van der Waals surface area contributed by atoms with Crippen LogP contribution in [0.15, 0.2) is 24.3 Å². The van der Waals surface area contributed by atoms with Gasteiger partial charge in [-0.15, -0.1) is 0 Å². The highest BCUT2D eigenvalue weighted by molar-refractivity contribution is 7.87. The van der Waals surface area contributed by atoms with Crippen LogP contribution in [0.25, 0.3) is 0 Å². The summed E-state index contributed by atoms with van der Waals surface area (Å²) in [6.07, 6.45) is 2.66. The van der Waals surface area contributed by atoms with E-state index in [1.807, 2.05) is 12.1 Å². The third kappa shape index (κ3) is 3.10. The number of ether oxygens (including phenoxy) is 1. The van der Waals surface area contributed by atoms with Gasteiger partial charge in [-0.05, 0) is 37.0 Å². The number of nitrogens with one attached hydrogen (secondary N) is 1. The van der Waals surface area contributed by atoms with E-state index in [0.717, 1.165) is 24.8 Å². The molecule has 1 aliphatic carbocycles. The zero-order chi connectivity index (χ0) is 14.9. The van der Waals surface area contributed by atoms with Crippen LogP contribution in [0.3, 0.4) is 0 Å². The van der Waals surface area contributed by atoms with Crippen molar-refractivity contribution in [3.05, 3.63) is 34.9 Å². The van der Waals surface area contributed by atoms with Gasteiger partial charge in [0.2, 0.25) is 0 Å². The van der Waals surface area contributed by atoms with E-state index in [9.17, 15) is 8.42 Å². The van der Waals surface area contributed by atoms with Crippen LogP contribution in [-0.4, -0.2) is 39.0 Å². The normalized spacial score (nSPS) is 22.7. The first-order valence-electron chi connectivity index (χ1n) is 7.15. The molecule has 2 fully saturated rings. The Labute approximate surface area is 130 Å². The van der Waals surface area contributed by atoms with E-state index in [2.05, 4.69) is 4.72 Å². The van der Waals surface area contributed by atoms with E-state index in [4.69, 9.17) is 16.3 Å². The monoisotopic (exact) mass is 330 g/mol. The molecule has 0 radical (unpaired) electrons. The smallest absolute Gasteiger partial charge is 0.280 e. The maximum Gasteiger partial charge on any atom is 0.280 e. The van der Waals surface area contributed by atoms with Gasteiger partial charge in [-0.2, -0.15) is 17.4 Å². The Morgan fingerprint density at radius 3 is 2.29 bits per heavy atom. The van der Waals surface area contributed by atoms with Gasteiger partial charge in [-0.3, -0.25) is 0 Å².